The molecular formula is C16H18N2O3. The summed E-state index contributed by atoms with van der Waals surface area (Å²) in [6.45, 7) is 0.563. The van der Waals surface area contributed by atoms with E-state index in [4.69, 9.17) is 0 Å². The molecule has 0 bridgehead atoms. The highest BCUT2D eigenvalue weighted by Crippen LogP contribution is 2.34. The van der Waals surface area contributed by atoms with Crippen LogP contribution in [-0.4, -0.2) is 40.4 Å². The van der Waals surface area contributed by atoms with E-state index in [2.05, 4.69) is 9.88 Å². The molecule has 1 aromatic carbocycles. The number of hydrogen-bond donors (Lipinski definition) is 2. The van der Waals surface area contributed by atoms with Gasteiger partial charge in [-0.25, -0.2) is 9.78 Å². The van der Waals surface area contributed by atoms with E-state index in [1.807, 2.05) is 24.3 Å². The topological polar surface area (TPSA) is 73.7 Å². The van der Waals surface area contributed by atoms with Gasteiger partial charge in [0, 0.05) is 23.7 Å². The van der Waals surface area contributed by atoms with E-state index in [0.717, 1.165) is 23.9 Å². The lowest BCUT2D eigenvalue weighted by Crippen LogP contribution is -2.42. The average Bonchev–Trinajstić information content (AvgIpc) is 2.43. The summed E-state index contributed by atoms with van der Waals surface area (Å²) in [4.78, 5) is 17.6. The Labute approximate surface area is 122 Å². The molecule has 3 rings (SSSR count). The monoisotopic (exact) mass is 286 g/mol. The van der Waals surface area contributed by atoms with Gasteiger partial charge in [0.25, 0.3) is 0 Å². The number of anilines is 1. The third-order valence-electron chi connectivity index (χ3n) is 4.08. The molecule has 5 heteroatoms. The lowest BCUT2D eigenvalue weighted by Gasteiger charge is -2.39. The van der Waals surface area contributed by atoms with Crippen LogP contribution in [0.2, 0.25) is 0 Å². The quantitative estimate of drug-likeness (QED) is 0.882. The summed E-state index contributed by atoms with van der Waals surface area (Å²) in [6.07, 6.45) is 3.35. The molecule has 2 N–H and O–H groups in total. The molecule has 1 fully saturated rings. The second-order valence-corrected chi connectivity index (χ2v) is 5.35. The van der Waals surface area contributed by atoms with Crippen molar-refractivity contribution in [3.63, 3.8) is 0 Å². The number of fused-ring (bicyclic) bond motifs is 1. The van der Waals surface area contributed by atoms with E-state index < -0.39 is 5.97 Å². The van der Waals surface area contributed by atoms with Crippen molar-refractivity contribution in [3.05, 3.63) is 36.0 Å². The van der Waals surface area contributed by atoms with Gasteiger partial charge >= 0.3 is 5.97 Å². The van der Waals surface area contributed by atoms with Gasteiger partial charge in [-0.05, 0) is 31.4 Å². The third kappa shape index (κ3) is 2.56. The molecule has 0 amide bonds. The van der Waals surface area contributed by atoms with Crippen LogP contribution in [0.4, 0.5) is 5.69 Å². The molecule has 0 aliphatic heterocycles. The molecule has 0 atom stereocenters. The molecule has 1 aliphatic rings. The molecule has 0 spiro atoms. The Kier molecular flexibility index (Phi) is 3.75. The van der Waals surface area contributed by atoms with Crippen molar-refractivity contribution in [2.75, 3.05) is 18.1 Å². The molecule has 1 aliphatic carbocycles. The minimum atomic E-state index is -1.03. The van der Waals surface area contributed by atoms with Crippen LogP contribution in [0, 0.1) is 0 Å². The number of benzene rings is 1. The van der Waals surface area contributed by atoms with Gasteiger partial charge in [0.15, 0.2) is 5.69 Å². The first-order valence-electron chi connectivity index (χ1n) is 7.21. The maximum atomic E-state index is 11.3. The maximum absolute atomic E-state index is 11.3. The van der Waals surface area contributed by atoms with Gasteiger partial charge in [-0.2, -0.15) is 0 Å². The van der Waals surface area contributed by atoms with Crippen LogP contribution in [-0.2, 0) is 0 Å². The zero-order valence-electron chi connectivity index (χ0n) is 11.7. The highest BCUT2D eigenvalue weighted by molar-refractivity contribution is 5.97. The van der Waals surface area contributed by atoms with E-state index >= 15 is 0 Å². The van der Waals surface area contributed by atoms with Crippen molar-refractivity contribution in [1.82, 2.24) is 4.98 Å². The number of aromatic nitrogens is 1. The van der Waals surface area contributed by atoms with Crippen molar-refractivity contribution in [1.29, 1.82) is 0 Å². The number of aliphatic hydroxyl groups excluding tert-OH is 1. The van der Waals surface area contributed by atoms with Gasteiger partial charge in [0.1, 0.15) is 0 Å². The van der Waals surface area contributed by atoms with Gasteiger partial charge in [-0.3, -0.25) is 0 Å². The van der Waals surface area contributed by atoms with Gasteiger partial charge < -0.3 is 15.1 Å². The normalized spacial score (nSPS) is 14.9. The maximum Gasteiger partial charge on any atom is 0.354 e. The summed E-state index contributed by atoms with van der Waals surface area (Å²) in [5, 5.41) is 19.5. The zero-order chi connectivity index (χ0) is 14.8. The third-order valence-corrected chi connectivity index (χ3v) is 4.08. The van der Waals surface area contributed by atoms with Gasteiger partial charge in [-0.1, -0.05) is 18.2 Å². The standard InChI is InChI=1S/C16H18N2O3/c19-9-8-18(11-4-3-5-11)15-10-14(16(20)21)17-13-7-2-1-6-12(13)15/h1-2,6-7,10-11,19H,3-5,8-9H2,(H,20,21). The molecule has 21 heavy (non-hydrogen) atoms. The number of aromatic carboxylic acids is 1. The summed E-state index contributed by atoms with van der Waals surface area (Å²) in [7, 11) is 0. The van der Waals surface area contributed by atoms with E-state index in [1.54, 1.807) is 6.07 Å². The fourth-order valence-electron chi connectivity index (χ4n) is 2.81. The molecular weight excluding hydrogens is 268 g/mol. The highest BCUT2D eigenvalue weighted by Gasteiger charge is 2.27. The molecule has 1 saturated carbocycles. The second kappa shape index (κ2) is 5.69. The van der Waals surface area contributed by atoms with Crippen LogP contribution >= 0.6 is 0 Å². The first kappa shape index (κ1) is 13.8. The van der Waals surface area contributed by atoms with E-state index in [0.29, 0.717) is 18.1 Å². The van der Waals surface area contributed by atoms with Crippen molar-refractivity contribution in [2.24, 2.45) is 0 Å². The minimum absolute atomic E-state index is 0.0472. The second-order valence-electron chi connectivity index (χ2n) is 5.35. The highest BCUT2D eigenvalue weighted by atomic mass is 16.4. The van der Waals surface area contributed by atoms with Crippen LogP contribution in [0.5, 0.6) is 0 Å². The lowest BCUT2D eigenvalue weighted by atomic mass is 9.90. The number of pyridine rings is 1. The number of carbonyl (C=O) groups is 1. The molecule has 2 aromatic rings. The van der Waals surface area contributed by atoms with Crippen LogP contribution in [0.1, 0.15) is 29.8 Å². The number of nitrogens with zero attached hydrogens (tertiary/aromatic N) is 2. The molecule has 1 heterocycles. The lowest BCUT2D eigenvalue weighted by molar-refractivity contribution is 0.0691. The van der Waals surface area contributed by atoms with Crippen LogP contribution in [0.3, 0.4) is 0 Å². The Morgan fingerprint density at radius 2 is 2.10 bits per heavy atom. The fourth-order valence-corrected chi connectivity index (χ4v) is 2.81. The first-order chi connectivity index (χ1) is 10.2. The Balaban J connectivity index is 2.15. The van der Waals surface area contributed by atoms with E-state index in [9.17, 15) is 15.0 Å². The molecule has 0 unspecified atom stereocenters. The predicted octanol–water partition coefficient (Wildman–Crippen LogP) is 2.28. The van der Waals surface area contributed by atoms with E-state index in [-0.39, 0.29) is 12.3 Å². The summed E-state index contributed by atoms with van der Waals surface area (Å²) in [5.74, 6) is -1.03. The van der Waals surface area contributed by atoms with Gasteiger partial charge in [0.2, 0.25) is 0 Å². The molecule has 1 aromatic heterocycles. The molecule has 0 saturated heterocycles. The van der Waals surface area contributed by atoms with Crippen LogP contribution in [0.25, 0.3) is 10.9 Å². The van der Waals surface area contributed by atoms with Crippen molar-refractivity contribution in [3.8, 4) is 0 Å². The van der Waals surface area contributed by atoms with Crippen molar-refractivity contribution >= 4 is 22.6 Å². The predicted molar refractivity (Wildman–Crippen MR) is 80.8 cm³/mol. The number of carboxylic acids is 1. The average molecular weight is 286 g/mol. The number of carboxylic acid groups (broad SMARTS) is 1. The largest absolute Gasteiger partial charge is 0.477 e. The Morgan fingerprint density at radius 1 is 1.33 bits per heavy atom. The summed E-state index contributed by atoms with van der Waals surface area (Å²) < 4.78 is 0. The van der Waals surface area contributed by atoms with Gasteiger partial charge in [-0.15, -0.1) is 0 Å². The molecule has 0 radical (unpaired) electrons. The SMILES string of the molecule is O=C(O)c1cc(N(CCO)C2CCC2)c2ccccc2n1. The summed E-state index contributed by atoms with van der Waals surface area (Å²) in [6, 6.07) is 9.55. The van der Waals surface area contributed by atoms with Crippen LogP contribution < -0.4 is 4.90 Å². The Bertz CT molecular complexity index is 668. The Hall–Kier alpha value is -2.14. The van der Waals surface area contributed by atoms with Crippen molar-refractivity contribution < 1.29 is 15.0 Å². The summed E-state index contributed by atoms with van der Waals surface area (Å²) in [5.41, 5.74) is 1.58. The van der Waals surface area contributed by atoms with Gasteiger partial charge in [0.05, 0.1) is 12.1 Å². The summed E-state index contributed by atoms with van der Waals surface area (Å²) >= 11 is 0. The Morgan fingerprint density at radius 3 is 2.71 bits per heavy atom. The molecule has 110 valence electrons. The van der Waals surface area contributed by atoms with E-state index in [1.165, 1.54) is 6.42 Å². The number of rotatable bonds is 5. The smallest absolute Gasteiger partial charge is 0.354 e. The van der Waals surface area contributed by atoms with Crippen molar-refractivity contribution in [2.45, 2.75) is 25.3 Å². The zero-order valence-corrected chi connectivity index (χ0v) is 11.7. The molecule has 5 nitrogen and oxygen atoms in total. The fraction of sp³-hybridized carbons (Fsp3) is 0.375. The number of aliphatic hydroxyl groups is 1. The van der Waals surface area contributed by atoms with Crippen LogP contribution in [0.15, 0.2) is 30.3 Å². The number of para-hydroxylation sites is 1. The first-order valence-corrected chi connectivity index (χ1v) is 7.21. The number of hydrogen-bond acceptors (Lipinski definition) is 4. The minimum Gasteiger partial charge on any atom is -0.477 e.